The predicted octanol–water partition coefficient (Wildman–Crippen LogP) is 8.25. The molecule has 1 fully saturated rings. The number of aliphatic hydroxyl groups is 1. The Morgan fingerprint density at radius 3 is 2.33 bits per heavy atom. The molecule has 2 bridgehead atoms. The molecule has 1 aromatic rings. The number of phenols is 1. The Bertz CT molecular complexity index is 977. The molecular weight excluding hydrogens is 505 g/mol. The molecular formula is C34H54FNO4. The summed E-state index contributed by atoms with van der Waals surface area (Å²) in [6.07, 6.45) is 18.2. The van der Waals surface area contributed by atoms with Crippen molar-refractivity contribution in [1.29, 1.82) is 0 Å². The third-order valence-electron chi connectivity index (χ3n) is 9.64. The van der Waals surface area contributed by atoms with Gasteiger partial charge in [-0.2, -0.15) is 0 Å². The van der Waals surface area contributed by atoms with Gasteiger partial charge in [-0.05, 0) is 70.1 Å². The number of aromatic hydroxyl groups is 1. The summed E-state index contributed by atoms with van der Waals surface area (Å²) in [5.74, 6) is -0.573. The number of hydrogen-bond donors (Lipinski definition) is 2. The molecule has 2 N–H and O–H groups in total. The van der Waals surface area contributed by atoms with Crippen LogP contribution >= 0.6 is 0 Å². The van der Waals surface area contributed by atoms with Gasteiger partial charge >= 0.3 is 0 Å². The normalized spacial score (nSPS) is 23.6. The fraction of sp³-hybridized carbons (Fsp3) is 0.735. The largest absolute Gasteiger partial charge is 0.505 e. The number of carbonyl (C=O) groups is 1. The van der Waals surface area contributed by atoms with Gasteiger partial charge in [0.2, 0.25) is 5.91 Å². The number of hydrogen-bond acceptors (Lipinski definition) is 4. The van der Waals surface area contributed by atoms with E-state index in [1.54, 1.807) is 6.07 Å². The summed E-state index contributed by atoms with van der Waals surface area (Å²) >= 11 is 0. The van der Waals surface area contributed by atoms with E-state index >= 15 is 0 Å². The number of aliphatic hydroxyl groups excluding tert-OH is 1. The third kappa shape index (κ3) is 8.31. The number of ether oxygens (including phenoxy) is 1. The van der Waals surface area contributed by atoms with Crippen molar-refractivity contribution in [2.45, 2.75) is 129 Å². The van der Waals surface area contributed by atoms with Crippen LogP contribution < -0.4 is 0 Å². The minimum atomic E-state index is -0.622. The molecule has 2 aliphatic rings. The van der Waals surface area contributed by atoms with Crippen LogP contribution in [0.1, 0.15) is 129 Å². The van der Waals surface area contributed by atoms with E-state index in [0.717, 1.165) is 63.5 Å². The summed E-state index contributed by atoms with van der Waals surface area (Å²) < 4.78 is 20.9. The quantitative estimate of drug-likeness (QED) is 0.149. The number of nitrogens with zero attached hydrogens (tertiary/aromatic N) is 1. The maximum atomic E-state index is 14.2. The van der Waals surface area contributed by atoms with E-state index in [9.17, 15) is 19.4 Å². The number of rotatable bonds is 17. The Morgan fingerprint density at radius 2 is 1.70 bits per heavy atom. The van der Waals surface area contributed by atoms with Gasteiger partial charge in [0, 0.05) is 31.3 Å². The zero-order chi connectivity index (χ0) is 29.2. The van der Waals surface area contributed by atoms with E-state index in [1.165, 1.54) is 56.2 Å². The summed E-state index contributed by atoms with van der Waals surface area (Å²) in [6.45, 7) is 7.18. The summed E-state index contributed by atoms with van der Waals surface area (Å²) in [5.41, 5.74) is 1.25. The lowest BCUT2D eigenvalue weighted by atomic mass is 9.58. The van der Waals surface area contributed by atoms with Gasteiger partial charge in [-0.1, -0.05) is 76.0 Å². The van der Waals surface area contributed by atoms with Gasteiger partial charge in [-0.3, -0.25) is 4.79 Å². The molecule has 3 unspecified atom stereocenters. The molecule has 0 radical (unpaired) electrons. The number of benzene rings is 1. The zero-order valence-corrected chi connectivity index (χ0v) is 25.5. The van der Waals surface area contributed by atoms with Gasteiger partial charge in [-0.15, -0.1) is 0 Å². The smallest absolute Gasteiger partial charge is 0.222 e. The van der Waals surface area contributed by atoms with Crippen LogP contribution in [0.4, 0.5) is 4.39 Å². The summed E-state index contributed by atoms with van der Waals surface area (Å²) in [6, 6.07) is 4.58. The maximum absolute atomic E-state index is 14.2. The summed E-state index contributed by atoms with van der Waals surface area (Å²) in [7, 11) is 1.92. The number of halogens is 1. The molecule has 226 valence electrons. The van der Waals surface area contributed by atoms with E-state index in [1.807, 2.05) is 25.8 Å². The number of fused-ring (bicyclic) bond motifs is 2. The van der Waals surface area contributed by atoms with Crippen LogP contribution in [0.15, 0.2) is 29.8 Å². The highest BCUT2D eigenvalue weighted by molar-refractivity contribution is 5.75. The first-order valence-electron chi connectivity index (χ1n) is 15.8. The van der Waals surface area contributed by atoms with Crippen LogP contribution in [0, 0.1) is 17.2 Å². The van der Waals surface area contributed by atoms with Gasteiger partial charge in [0.25, 0.3) is 0 Å². The average Bonchev–Trinajstić information content (AvgIpc) is 2.94. The fourth-order valence-corrected chi connectivity index (χ4v) is 6.59. The van der Waals surface area contributed by atoms with E-state index < -0.39 is 11.4 Å². The molecule has 1 amide bonds. The average molecular weight is 560 g/mol. The van der Waals surface area contributed by atoms with Crippen LogP contribution in [-0.4, -0.2) is 46.8 Å². The number of amides is 1. The second kappa shape index (κ2) is 15.3. The SMILES string of the molecule is CCCCN(C)C(=O)CCCCCCCCCCCC1=CCC2(CO)CC1C(c1ccc(O)c(F)c1)OC2(C)C. The van der Waals surface area contributed by atoms with E-state index in [4.69, 9.17) is 4.74 Å². The first-order valence-corrected chi connectivity index (χ1v) is 15.8. The lowest BCUT2D eigenvalue weighted by Gasteiger charge is -2.57. The monoisotopic (exact) mass is 559 g/mol. The standard InChI is InChI=1S/C34H54FNO4/c1-5-6-22-36(4)31(39)17-15-13-11-9-7-8-10-12-14-16-26-20-21-34(25-37)24-28(26)32(40-33(34,2)3)27-18-19-30(38)29(35)23-27/h18-20,23,28,32,37-38H,5-17,21-22,24-25H2,1-4H3. The number of carbonyl (C=O) groups excluding carboxylic acids is 1. The van der Waals surface area contributed by atoms with E-state index in [-0.39, 0.29) is 35.7 Å². The minimum Gasteiger partial charge on any atom is -0.505 e. The Labute approximate surface area is 242 Å². The number of phenolic OH excluding ortho intramolecular Hbond substituents is 1. The Morgan fingerprint density at radius 1 is 1.05 bits per heavy atom. The molecule has 1 aliphatic carbocycles. The van der Waals surface area contributed by atoms with Crippen molar-refractivity contribution < 1.29 is 24.1 Å². The van der Waals surface area contributed by atoms with Crippen molar-refractivity contribution in [1.82, 2.24) is 4.90 Å². The van der Waals surface area contributed by atoms with Crippen LogP contribution in [0.3, 0.4) is 0 Å². The lowest BCUT2D eigenvalue weighted by Crippen LogP contribution is -2.56. The van der Waals surface area contributed by atoms with Gasteiger partial charge in [0.15, 0.2) is 11.6 Å². The van der Waals surface area contributed by atoms with Crippen molar-refractivity contribution in [3.05, 3.63) is 41.2 Å². The minimum absolute atomic E-state index is 0.0727. The second-order valence-corrected chi connectivity index (χ2v) is 12.8. The molecule has 5 nitrogen and oxygen atoms in total. The summed E-state index contributed by atoms with van der Waals surface area (Å²) in [5, 5.41) is 20.1. The van der Waals surface area contributed by atoms with Crippen molar-refractivity contribution in [3.8, 4) is 5.75 Å². The van der Waals surface area contributed by atoms with Gasteiger partial charge in [0.05, 0.1) is 18.3 Å². The highest BCUT2D eigenvalue weighted by Crippen LogP contribution is 2.58. The number of allylic oxidation sites excluding steroid dienone is 1. The third-order valence-corrected chi connectivity index (χ3v) is 9.64. The molecule has 1 heterocycles. The molecule has 1 aliphatic heterocycles. The number of unbranched alkanes of at least 4 members (excludes halogenated alkanes) is 9. The Hall–Kier alpha value is -1.92. The van der Waals surface area contributed by atoms with Crippen molar-refractivity contribution in [2.24, 2.45) is 11.3 Å². The molecule has 0 aromatic heterocycles. The second-order valence-electron chi connectivity index (χ2n) is 12.8. The molecule has 3 rings (SSSR count). The van der Waals surface area contributed by atoms with Crippen LogP contribution in [0.5, 0.6) is 5.75 Å². The molecule has 3 atom stereocenters. The molecule has 1 saturated heterocycles. The van der Waals surface area contributed by atoms with Crippen molar-refractivity contribution >= 4 is 5.91 Å². The Balaban J connectivity index is 1.39. The molecule has 40 heavy (non-hydrogen) atoms. The van der Waals surface area contributed by atoms with Gasteiger partial charge < -0.3 is 19.8 Å². The van der Waals surface area contributed by atoms with Crippen molar-refractivity contribution in [3.63, 3.8) is 0 Å². The molecule has 0 saturated carbocycles. The highest BCUT2D eigenvalue weighted by atomic mass is 19.1. The lowest BCUT2D eigenvalue weighted by molar-refractivity contribution is -0.223. The topological polar surface area (TPSA) is 70.0 Å². The molecule has 1 aromatic carbocycles. The van der Waals surface area contributed by atoms with Crippen LogP contribution in [-0.2, 0) is 9.53 Å². The highest BCUT2D eigenvalue weighted by Gasteiger charge is 2.55. The maximum Gasteiger partial charge on any atom is 0.222 e. The zero-order valence-electron chi connectivity index (χ0n) is 25.5. The molecule has 0 spiro atoms. The first kappa shape index (κ1) is 32.6. The van der Waals surface area contributed by atoms with E-state index in [0.29, 0.717) is 6.42 Å². The van der Waals surface area contributed by atoms with Crippen LogP contribution in [0.2, 0.25) is 0 Å². The van der Waals surface area contributed by atoms with Crippen molar-refractivity contribution in [2.75, 3.05) is 20.2 Å². The van der Waals surface area contributed by atoms with E-state index in [2.05, 4.69) is 13.0 Å². The van der Waals surface area contributed by atoms with Gasteiger partial charge in [0.1, 0.15) is 0 Å². The first-order chi connectivity index (χ1) is 19.1. The van der Waals surface area contributed by atoms with Gasteiger partial charge in [-0.25, -0.2) is 4.39 Å². The summed E-state index contributed by atoms with van der Waals surface area (Å²) in [4.78, 5) is 14.0. The Kier molecular flexibility index (Phi) is 12.5. The molecule has 6 heteroatoms. The predicted molar refractivity (Wildman–Crippen MR) is 160 cm³/mol. The van der Waals surface area contributed by atoms with Crippen LogP contribution in [0.25, 0.3) is 0 Å². The fourth-order valence-electron chi connectivity index (χ4n) is 6.59.